The van der Waals surface area contributed by atoms with Gasteiger partial charge in [-0.3, -0.25) is 4.57 Å². The minimum absolute atomic E-state index is 0.218. The number of fused-ring (bicyclic) bond motifs is 2. The van der Waals surface area contributed by atoms with E-state index in [1.54, 1.807) is 10.6 Å². The van der Waals surface area contributed by atoms with Gasteiger partial charge in [-0.1, -0.05) is 0 Å². The molecular weight excluding hydrogens is 506 g/mol. The fourth-order valence-electron chi connectivity index (χ4n) is 4.46. The Kier molecular flexibility index (Phi) is 7.07. The quantitative estimate of drug-likeness (QED) is 0.127. The number of nitrogens with zero attached hydrogens (tertiary/aromatic N) is 7. The Hall–Kier alpha value is -3.55. The molecule has 2 unspecified atom stereocenters. The summed E-state index contributed by atoms with van der Waals surface area (Å²) in [6.45, 7) is -0.760. The topological polar surface area (TPSA) is 266 Å². The number of hydrogen-bond donors (Lipinski definition) is 8. The van der Waals surface area contributed by atoms with Gasteiger partial charge in [0.15, 0.2) is 29.7 Å². The Bertz CT molecular complexity index is 1310. The SMILES string of the molecule is Nc1nccc2c1ncn2C1O[C@H](CO)[C@@H](O)[C@H]1O.Nc1ncnc2c1ncn2C1O[C@H](CO)[C@@H](O)[C@H]1O. The molecule has 8 atom stereocenters. The van der Waals surface area contributed by atoms with Crippen LogP contribution in [0.4, 0.5) is 11.6 Å². The summed E-state index contributed by atoms with van der Waals surface area (Å²) in [6.07, 6.45) is -2.38. The van der Waals surface area contributed by atoms with Crippen molar-refractivity contribution in [3.05, 3.63) is 31.2 Å². The minimum Gasteiger partial charge on any atom is -0.394 e. The molecule has 204 valence electrons. The highest BCUT2D eigenvalue weighted by molar-refractivity contribution is 5.84. The lowest BCUT2D eigenvalue weighted by molar-refractivity contribution is -0.0511. The number of aliphatic hydroxyl groups is 6. The van der Waals surface area contributed by atoms with E-state index in [-0.39, 0.29) is 18.2 Å². The van der Waals surface area contributed by atoms with Crippen molar-refractivity contribution in [1.29, 1.82) is 0 Å². The van der Waals surface area contributed by atoms with E-state index >= 15 is 0 Å². The molecule has 6 rings (SSSR count). The highest BCUT2D eigenvalue weighted by Gasteiger charge is 2.44. The first kappa shape index (κ1) is 26.1. The predicted molar refractivity (Wildman–Crippen MR) is 128 cm³/mol. The lowest BCUT2D eigenvalue weighted by atomic mass is 10.1. The summed E-state index contributed by atoms with van der Waals surface area (Å²) >= 11 is 0. The number of aliphatic hydroxyl groups excluding tert-OH is 6. The molecule has 0 aromatic carbocycles. The van der Waals surface area contributed by atoms with Crippen LogP contribution in [0.5, 0.6) is 0 Å². The van der Waals surface area contributed by atoms with E-state index in [4.69, 9.17) is 31.2 Å². The first-order valence-corrected chi connectivity index (χ1v) is 11.5. The molecule has 2 fully saturated rings. The molecule has 0 amide bonds. The zero-order valence-electron chi connectivity index (χ0n) is 19.7. The monoisotopic (exact) mass is 533 g/mol. The molecule has 0 bridgehead atoms. The van der Waals surface area contributed by atoms with Crippen molar-refractivity contribution in [2.24, 2.45) is 0 Å². The van der Waals surface area contributed by atoms with Crippen molar-refractivity contribution in [2.45, 2.75) is 49.1 Å². The van der Waals surface area contributed by atoms with Crippen LogP contribution in [0, 0.1) is 0 Å². The molecule has 4 aromatic rings. The summed E-state index contributed by atoms with van der Waals surface area (Å²) in [7, 11) is 0. The van der Waals surface area contributed by atoms with Crippen LogP contribution in [-0.4, -0.2) is 115 Å². The van der Waals surface area contributed by atoms with Gasteiger partial charge in [-0.25, -0.2) is 24.9 Å². The van der Waals surface area contributed by atoms with Gasteiger partial charge in [0.2, 0.25) is 0 Å². The van der Waals surface area contributed by atoms with Gasteiger partial charge >= 0.3 is 0 Å². The average molecular weight is 534 g/mol. The fraction of sp³-hybridized carbons (Fsp3) is 0.476. The number of ether oxygens (including phenoxy) is 2. The molecule has 0 spiro atoms. The number of aromatic nitrogens is 7. The standard InChI is InChI=1S/C11H14N4O4.C10H13N5O4/c12-10-7-5(1-2-13-10)15(4-14-7)11-9(18)8(17)6(3-16)19-11;11-8-5-9(13-2-12-8)15(3-14-5)10-7(18)6(17)4(1-16)19-10/h1-2,4,6,8-9,11,16-18H,3H2,(H2,12,13);2-4,6-7,10,16-18H,1H2,(H2,11,12,13)/t6-,8-,9-,11?;4-,6-,7-,10?/m11/s1. The van der Waals surface area contributed by atoms with Gasteiger partial charge in [0.25, 0.3) is 0 Å². The third kappa shape index (κ3) is 4.29. The van der Waals surface area contributed by atoms with Crippen LogP contribution in [0.2, 0.25) is 0 Å². The number of anilines is 2. The third-order valence-electron chi connectivity index (χ3n) is 6.49. The molecule has 2 saturated heterocycles. The van der Waals surface area contributed by atoms with E-state index in [0.29, 0.717) is 22.2 Å². The molecular formula is C21H27N9O8. The molecule has 10 N–H and O–H groups in total. The van der Waals surface area contributed by atoms with Crippen LogP contribution in [0.3, 0.4) is 0 Å². The summed E-state index contributed by atoms with van der Waals surface area (Å²) < 4.78 is 13.9. The van der Waals surface area contributed by atoms with Crippen molar-refractivity contribution < 1.29 is 40.1 Å². The van der Waals surface area contributed by atoms with E-state index in [1.807, 2.05) is 0 Å². The fourth-order valence-corrected chi connectivity index (χ4v) is 4.46. The molecule has 17 heteroatoms. The van der Waals surface area contributed by atoms with Crippen LogP contribution < -0.4 is 11.5 Å². The van der Waals surface area contributed by atoms with Gasteiger partial charge < -0.3 is 56.1 Å². The van der Waals surface area contributed by atoms with Gasteiger partial charge in [-0.15, -0.1) is 0 Å². The summed E-state index contributed by atoms with van der Waals surface area (Å²) in [6, 6.07) is 1.69. The van der Waals surface area contributed by atoms with Crippen molar-refractivity contribution in [3.63, 3.8) is 0 Å². The van der Waals surface area contributed by atoms with Gasteiger partial charge in [-0.05, 0) is 6.07 Å². The summed E-state index contributed by atoms with van der Waals surface area (Å²) in [5.41, 5.74) is 13.3. The molecule has 0 saturated carbocycles. The summed E-state index contributed by atoms with van der Waals surface area (Å²) in [4.78, 5) is 19.9. The van der Waals surface area contributed by atoms with Gasteiger partial charge in [0.1, 0.15) is 54.0 Å². The molecule has 38 heavy (non-hydrogen) atoms. The first-order chi connectivity index (χ1) is 18.3. The number of nitrogen functional groups attached to an aromatic ring is 2. The molecule has 6 heterocycles. The highest BCUT2D eigenvalue weighted by atomic mass is 16.6. The number of rotatable bonds is 4. The Labute approximate surface area is 213 Å². The second-order valence-corrected chi connectivity index (χ2v) is 8.76. The molecule has 2 aliphatic heterocycles. The average Bonchev–Trinajstić information content (AvgIpc) is 3.67. The lowest BCUT2D eigenvalue weighted by Crippen LogP contribution is -2.33. The van der Waals surface area contributed by atoms with E-state index < -0.39 is 55.7 Å². The van der Waals surface area contributed by atoms with Crippen molar-refractivity contribution in [2.75, 3.05) is 24.7 Å². The maximum absolute atomic E-state index is 9.98. The Morgan fingerprint density at radius 2 is 1.26 bits per heavy atom. The number of pyridine rings is 1. The Morgan fingerprint density at radius 3 is 1.87 bits per heavy atom. The van der Waals surface area contributed by atoms with E-state index in [2.05, 4.69) is 24.9 Å². The summed E-state index contributed by atoms with van der Waals surface area (Å²) in [5.74, 6) is 0.499. The van der Waals surface area contributed by atoms with Crippen molar-refractivity contribution in [1.82, 2.24) is 34.1 Å². The van der Waals surface area contributed by atoms with Crippen LogP contribution in [-0.2, 0) is 9.47 Å². The zero-order chi connectivity index (χ0) is 27.1. The van der Waals surface area contributed by atoms with E-state index in [9.17, 15) is 20.4 Å². The van der Waals surface area contributed by atoms with Gasteiger partial charge in [0, 0.05) is 6.20 Å². The smallest absolute Gasteiger partial charge is 0.167 e. The number of hydrogen-bond acceptors (Lipinski definition) is 15. The van der Waals surface area contributed by atoms with E-state index in [1.165, 1.54) is 29.7 Å². The normalized spacial score (nSPS) is 31.1. The van der Waals surface area contributed by atoms with Gasteiger partial charge in [0.05, 0.1) is 31.4 Å². The van der Waals surface area contributed by atoms with Crippen LogP contribution in [0.25, 0.3) is 22.2 Å². The largest absolute Gasteiger partial charge is 0.394 e. The zero-order valence-corrected chi connectivity index (χ0v) is 19.7. The van der Waals surface area contributed by atoms with Crippen LogP contribution in [0.1, 0.15) is 12.5 Å². The second kappa shape index (κ2) is 10.3. The Balaban J connectivity index is 0.000000155. The van der Waals surface area contributed by atoms with Crippen LogP contribution >= 0.6 is 0 Å². The second-order valence-electron chi connectivity index (χ2n) is 8.76. The van der Waals surface area contributed by atoms with Crippen LogP contribution in [0.15, 0.2) is 31.2 Å². The van der Waals surface area contributed by atoms with Crippen molar-refractivity contribution >= 4 is 33.8 Å². The molecule has 17 nitrogen and oxygen atoms in total. The molecule has 4 aromatic heterocycles. The first-order valence-electron chi connectivity index (χ1n) is 11.5. The number of imidazole rings is 2. The van der Waals surface area contributed by atoms with Crippen molar-refractivity contribution in [3.8, 4) is 0 Å². The number of nitrogens with two attached hydrogens (primary N) is 2. The van der Waals surface area contributed by atoms with Gasteiger partial charge in [-0.2, -0.15) is 0 Å². The minimum atomic E-state index is -1.19. The third-order valence-corrected chi connectivity index (χ3v) is 6.49. The summed E-state index contributed by atoms with van der Waals surface area (Å²) in [5, 5.41) is 57.5. The highest BCUT2D eigenvalue weighted by Crippen LogP contribution is 2.33. The maximum atomic E-state index is 9.98. The van der Waals surface area contributed by atoms with E-state index in [0.717, 1.165) is 0 Å². The molecule has 0 radical (unpaired) electrons. The molecule has 2 aliphatic rings. The molecule has 0 aliphatic carbocycles. The maximum Gasteiger partial charge on any atom is 0.167 e. The Morgan fingerprint density at radius 1 is 0.711 bits per heavy atom. The predicted octanol–water partition coefficient (Wildman–Crippen LogP) is -3.35. The lowest BCUT2D eigenvalue weighted by Gasteiger charge is -2.16.